The van der Waals surface area contributed by atoms with Crippen molar-refractivity contribution in [1.82, 2.24) is 0 Å². The quantitative estimate of drug-likeness (QED) is 0.534. The fraction of sp³-hybridized carbons (Fsp3) is 1.00. The van der Waals surface area contributed by atoms with Crippen molar-refractivity contribution in [1.29, 1.82) is 0 Å². The first kappa shape index (κ1) is 7.18. The molecule has 0 aromatic heterocycles. The van der Waals surface area contributed by atoms with Gasteiger partial charge in [0, 0.05) is 0 Å². The topological polar surface area (TPSA) is 9.23 Å². The first-order valence-corrected chi connectivity index (χ1v) is 2.62. The van der Waals surface area contributed by atoms with E-state index < -0.39 is 22.1 Å². The Hall–Kier alpha value is 0.180. The summed E-state index contributed by atoms with van der Waals surface area (Å²) in [6.45, 7) is -1.33. The Morgan fingerprint density at radius 1 is 1.43 bits per heavy atom. The SMILES string of the molecule is FCCOP(F)F. The van der Waals surface area contributed by atoms with Gasteiger partial charge >= 0.3 is 8.77 Å². The molecule has 0 rings (SSSR count). The lowest BCUT2D eigenvalue weighted by Gasteiger charge is -1.91. The molecular weight excluding hydrogens is 128 g/mol. The molecule has 0 bridgehead atoms. The van der Waals surface area contributed by atoms with Crippen LogP contribution in [0.25, 0.3) is 0 Å². The Bertz CT molecular complexity index is 41.9. The fourth-order valence-electron chi connectivity index (χ4n) is 0.104. The first-order chi connectivity index (χ1) is 3.27. The average molecular weight is 132 g/mol. The number of halogens is 3. The van der Waals surface area contributed by atoms with Gasteiger partial charge in [0.1, 0.15) is 6.67 Å². The zero-order chi connectivity index (χ0) is 5.70. The van der Waals surface area contributed by atoms with Gasteiger partial charge in [0.2, 0.25) is 0 Å². The fourth-order valence-corrected chi connectivity index (χ4v) is 0.311. The molecule has 0 fully saturated rings. The van der Waals surface area contributed by atoms with Crippen molar-refractivity contribution >= 4 is 8.77 Å². The maximum Gasteiger partial charge on any atom is 0.415 e. The van der Waals surface area contributed by atoms with E-state index in [1.165, 1.54) is 0 Å². The maximum atomic E-state index is 10.9. The van der Waals surface area contributed by atoms with Crippen LogP contribution in [0.1, 0.15) is 0 Å². The molecule has 0 aromatic carbocycles. The van der Waals surface area contributed by atoms with Gasteiger partial charge < -0.3 is 4.52 Å². The molecule has 0 radical (unpaired) electrons. The molecule has 0 heterocycles. The van der Waals surface area contributed by atoms with Gasteiger partial charge in [0.25, 0.3) is 0 Å². The molecule has 0 unspecified atom stereocenters. The smallest absolute Gasteiger partial charge is 0.303 e. The van der Waals surface area contributed by atoms with E-state index in [1.54, 1.807) is 0 Å². The molecule has 0 amide bonds. The van der Waals surface area contributed by atoms with E-state index in [4.69, 9.17) is 0 Å². The highest BCUT2D eigenvalue weighted by molar-refractivity contribution is 7.40. The monoisotopic (exact) mass is 132 g/mol. The molecule has 0 atom stereocenters. The van der Waals surface area contributed by atoms with Crippen molar-refractivity contribution in [3.05, 3.63) is 0 Å². The average Bonchev–Trinajstić information content (AvgIpc) is 1.61. The second-order valence-corrected chi connectivity index (χ2v) is 1.39. The first-order valence-electron chi connectivity index (χ1n) is 1.58. The Morgan fingerprint density at radius 3 is 2.14 bits per heavy atom. The largest absolute Gasteiger partial charge is 0.415 e. The molecule has 5 heteroatoms. The van der Waals surface area contributed by atoms with Gasteiger partial charge in [0.15, 0.2) is 0 Å². The molecule has 0 spiro atoms. The Balaban J connectivity index is 2.68. The predicted octanol–water partition coefficient (Wildman–Crippen LogP) is 2.14. The summed E-state index contributed by atoms with van der Waals surface area (Å²) >= 11 is 0. The van der Waals surface area contributed by atoms with E-state index >= 15 is 0 Å². The Morgan fingerprint density at radius 2 is 2.00 bits per heavy atom. The standard InChI is InChI=1S/C2H4F3OP/c3-1-2-6-7(4)5/h1-2H2. The van der Waals surface area contributed by atoms with Crippen molar-refractivity contribution in [2.75, 3.05) is 13.3 Å². The van der Waals surface area contributed by atoms with Crippen LogP contribution in [0.4, 0.5) is 12.8 Å². The van der Waals surface area contributed by atoms with Gasteiger partial charge in [0.05, 0.1) is 6.61 Å². The zero-order valence-electron chi connectivity index (χ0n) is 3.40. The van der Waals surface area contributed by atoms with Crippen molar-refractivity contribution in [2.45, 2.75) is 0 Å². The van der Waals surface area contributed by atoms with Gasteiger partial charge in [-0.3, -0.25) is 0 Å². The molecule has 1 nitrogen and oxygen atoms in total. The maximum absolute atomic E-state index is 10.9. The van der Waals surface area contributed by atoms with Crippen LogP contribution in [0.3, 0.4) is 0 Å². The van der Waals surface area contributed by atoms with Crippen LogP contribution < -0.4 is 0 Å². The predicted molar refractivity (Wildman–Crippen MR) is 21.1 cm³/mol. The number of alkyl halides is 1. The van der Waals surface area contributed by atoms with E-state index in [2.05, 4.69) is 4.52 Å². The summed E-state index contributed by atoms with van der Waals surface area (Å²) in [6, 6.07) is 0. The molecule has 7 heavy (non-hydrogen) atoms. The minimum absolute atomic E-state index is 0.487. The second kappa shape index (κ2) is 4.34. The summed E-state index contributed by atoms with van der Waals surface area (Å²) in [7, 11) is -3.35. The lowest BCUT2D eigenvalue weighted by molar-refractivity contribution is 0.268. The van der Waals surface area contributed by atoms with Crippen molar-refractivity contribution in [3.63, 3.8) is 0 Å². The van der Waals surface area contributed by atoms with E-state index in [-0.39, 0.29) is 0 Å². The van der Waals surface area contributed by atoms with Crippen LogP contribution in [0, 0.1) is 0 Å². The zero-order valence-corrected chi connectivity index (χ0v) is 4.30. The summed E-state index contributed by atoms with van der Waals surface area (Å²) in [5, 5.41) is 0. The third kappa shape index (κ3) is 6.18. The van der Waals surface area contributed by atoms with E-state index in [0.29, 0.717) is 0 Å². The van der Waals surface area contributed by atoms with Gasteiger partial charge in [-0.2, -0.15) is 8.39 Å². The molecule has 0 saturated carbocycles. The molecule has 0 aliphatic carbocycles. The Labute approximate surface area is 40.5 Å². The summed E-state index contributed by atoms with van der Waals surface area (Å²) in [5.41, 5.74) is 0. The highest BCUT2D eigenvalue weighted by Crippen LogP contribution is 2.39. The van der Waals surface area contributed by atoms with Gasteiger partial charge in [-0.05, 0) is 0 Å². The van der Waals surface area contributed by atoms with Crippen LogP contribution in [0.15, 0.2) is 0 Å². The van der Waals surface area contributed by atoms with Crippen LogP contribution >= 0.6 is 8.77 Å². The molecule has 0 aliphatic rings. The van der Waals surface area contributed by atoms with Crippen molar-refractivity contribution in [3.8, 4) is 0 Å². The van der Waals surface area contributed by atoms with E-state index in [0.717, 1.165) is 0 Å². The van der Waals surface area contributed by atoms with Gasteiger partial charge in [-0.15, -0.1) is 0 Å². The third-order valence-corrected chi connectivity index (χ3v) is 0.644. The minimum atomic E-state index is -3.35. The molecule has 0 aliphatic heterocycles. The number of rotatable bonds is 3. The van der Waals surface area contributed by atoms with Crippen molar-refractivity contribution < 1.29 is 17.3 Å². The normalized spacial score (nSPS) is 10.3. The summed E-state index contributed by atoms with van der Waals surface area (Å²) in [6.07, 6.45) is 0. The number of hydrogen-bond acceptors (Lipinski definition) is 1. The summed E-state index contributed by atoms with van der Waals surface area (Å²) < 4.78 is 36.2. The van der Waals surface area contributed by atoms with Crippen LogP contribution in [0.2, 0.25) is 0 Å². The molecule has 0 saturated heterocycles. The van der Waals surface area contributed by atoms with Gasteiger partial charge in [-0.25, -0.2) is 4.39 Å². The summed E-state index contributed by atoms with van der Waals surface area (Å²) in [5.74, 6) is 0. The minimum Gasteiger partial charge on any atom is -0.303 e. The van der Waals surface area contributed by atoms with Gasteiger partial charge in [-0.1, -0.05) is 0 Å². The highest BCUT2D eigenvalue weighted by atomic mass is 31.2. The van der Waals surface area contributed by atoms with Crippen LogP contribution in [-0.2, 0) is 4.52 Å². The molecule has 0 N–H and O–H groups in total. The highest BCUT2D eigenvalue weighted by Gasteiger charge is 2.01. The van der Waals surface area contributed by atoms with Crippen molar-refractivity contribution in [2.24, 2.45) is 0 Å². The van der Waals surface area contributed by atoms with Crippen LogP contribution in [-0.4, -0.2) is 13.3 Å². The van der Waals surface area contributed by atoms with E-state index in [9.17, 15) is 12.8 Å². The second-order valence-electron chi connectivity index (χ2n) is 0.724. The third-order valence-electron chi connectivity index (χ3n) is 0.266. The molecular formula is C2H4F3OP. The van der Waals surface area contributed by atoms with Crippen LogP contribution in [0.5, 0.6) is 0 Å². The molecule has 44 valence electrons. The Kier molecular flexibility index (Phi) is 4.45. The molecule has 0 aromatic rings. The lowest BCUT2D eigenvalue weighted by Crippen LogP contribution is -1.85. The lowest BCUT2D eigenvalue weighted by atomic mass is 10.9. The van der Waals surface area contributed by atoms with E-state index in [1.807, 2.05) is 0 Å². The summed E-state index contributed by atoms with van der Waals surface area (Å²) in [4.78, 5) is 0. The number of hydrogen-bond donors (Lipinski definition) is 0.